The Morgan fingerprint density at radius 2 is 1.97 bits per heavy atom. The molecular weight excluding hydrogens is 489 g/mol. The van der Waals surface area contributed by atoms with Gasteiger partial charge in [-0.2, -0.15) is 22.0 Å². The van der Waals surface area contributed by atoms with Crippen molar-refractivity contribution in [2.75, 3.05) is 26.5 Å². The second-order valence-corrected chi connectivity index (χ2v) is 8.08. The van der Waals surface area contributed by atoms with Crippen molar-refractivity contribution < 1.29 is 49.7 Å². The zero-order valence-electron chi connectivity index (χ0n) is 17.9. The Hall–Kier alpha value is -2.93. The highest BCUT2D eigenvalue weighted by Crippen LogP contribution is 2.42. The summed E-state index contributed by atoms with van der Waals surface area (Å²) < 4.78 is 107. The second kappa shape index (κ2) is 9.26. The van der Waals surface area contributed by atoms with E-state index < -0.39 is 54.1 Å². The summed E-state index contributed by atoms with van der Waals surface area (Å²) in [5, 5.41) is 0. The molecule has 0 spiro atoms. The molecule has 1 aromatic heterocycles. The van der Waals surface area contributed by atoms with Crippen molar-refractivity contribution in [3.8, 4) is 5.75 Å². The maximum absolute atomic E-state index is 13.5. The van der Waals surface area contributed by atoms with Crippen LogP contribution < -0.4 is 4.74 Å². The lowest BCUT2D eigenvalue weighted by Gasteiger charge is -2.41. The van der Waals surface area contributed by atoms with Crippen LogP contribution in [-0.4, -0.2) is 60.7 Å². The van der Waals surface area contributed by atoms with Crippen molar-refractivity contribution in [2.24, 2.45) is 0 Å². The van der Waals surface area contributed by atoms with Crippen LogP contribution in [0.2, 0.25) is 0 Å². The van der Waals surface area contributed by atoms with Crippen LogP contribution >= 0.6 is 0 Å². The number of likely N-dealkylation sites (tertiary alicyclic amines) is 1. The minimum atomic E-state index is -5.09. The number of carbonyl (C=O) groups excluding carboxylic acids is 1. The number of fused-ring (bicyclic) bond motifs is 1. The van der Waals surface area contributed by atoms with Crippen LogP contribution in [0.25, 0.3) is 0 Å². The Morgan fingerprint density at radius 3 is 2.63 bits per heavy atom. The summed E-state index contributed by atoms with van der Waals surface area (Å²) in [6.45, 7) is -1.87. The molecule has 2 fully saturated rings. The van der Waals surface area contributed by atoms with Gasteiger partial charge in [0.05, 0.1) is 17.8 Å². The Kier molecular flexibility index (Phi) is 6.66. The maximum Gasteiger partial charge on any atom is 0.419 e. The van der Waals surface area contributed by atoms with Crippen LogP contribution in [0.1, 0.15) is 28.0 Å². The van der Waals surface area contributed by atoms with Gasteiger partial charge in [0.15, 0.2) is 6.61 Å². The standard InChI is InChI=1S/C22H19F7N2O4/c23-19(24)21(25,26)11-33-15-5-4-13(9-14(15)22(27,28)29)18(32)31-8-6-20(16-3-1-2-7-30-16)17(10-31)34-12-35-20/h1-5,7,9,17,19H,6,8,10-12H2/t17?,20-/m1/s1. The van der Waals surface area contributed by atoms with Crippen LogP contribution in [0.4, 0.5) is 30.7 Å². The van der Waals surface area contributed by atoms with E-state index in [9.17, 15) is 35.5 Å². The molecule has 4 rings (SSSR count). The van der Waals surface area contributed by atoms with Crippen molar-refractivity contribution in [1.82, 2.24) is 9.88 Å². The van der Waals surface area contributed by atoms with E-state index in [1.807, 2.05) is 0 Å². The van der Waals surface area contributed by atoms with Gasteiger partial charge < -0.3 is 19.1 Å². The van der Waals surface area contributed by atoms with Crippen LogP contribution in [0, 0.1) is 0 Å². The van der Waals surface area contributed by atoms with Gasteiger partial charge in [0, 0.05) is 24.7 Å². The van der Waals surface area contributed by atoms with E-state index in [4.69, 9.17) is 9.47 Å². The molecule has 1 amide bonds. The molecule has 0 bridgehead atoms. The summed E-state index contributed by atoms with van der Waals surface area (Å²) in [5.74, 6) is -6.49. The molecule has 0 radical (unpaired) electrons. The molecule has 2 saturated heterocycles. The van der Waals surface area contributed by atoms with Gasteiger partial charge >= 0.3 is 18.5 Å². The minimum Gasteiger partial charge on any atom is -0.486 e. The van der Waals surface area contributed by atoms with Crippen molar-refractivity contribution >= 4 is 5.91 Å². The lowest BCUT2D eigenvalue weighted by atomic mass is 9.85. The first-order valence-electron chi connectivity index (χ1n) is 10.4. The number of halogens is 7. The first kappa shape index (κ1) is 25.2. The van der Waals surface area contributed by atoms with E-state index in [0.29, 0.717) is 17.8 Å². The average Bonchev–Trinajstić information content (AvgIpc) is 3.26. The number of piperidine rings is 1. The topological polar surface area (TPSA) is 60.9 Å². The number of ether oxygens (including phenoxy) is 3. The molecule has 35 heavy (non-hydrogen) atoms. The molecule has 190 valence electrons. The van der Waals surface area contributed by atoms with E-state index in [2.05, 4.69) is 9.72 Å². The number of alkyl halides is 7. The summed E-state index contributed by atoms with van der Waals surface area (Å²) in [4.78, 5) is 18.6. The first-order chi connectivity index (χ1) is 16.4. The van der Waals surface area contributed by atoms with Gasteiger partial charge in [-0.05, 0) is 30.3 Å². The van der Waals surface area contributed by atoms with Gasteiger partial charge in [0.1, 0.15) is 24.2 Å². The number of aromatic nitrogens is 1. The number of amides is 1. The molecule has 0 aliphatic carbocycles. The van der Waals surface area contributed by atoms with Crippen LogP contribution in [0.3, 0.4) is 0 Å². The number of benzene rings is 1. The van der Waals surface area contributed by atoms with E-state index >= 15 is 0 Å². The second-order valence-electron chi connectivity index (χ2n) is 8.08. The summed E-state index contributed by atoms with van der Waals surface area (Å²) in [7, 11) is 0. The molecule has 1 aromatic carbocycles. The van der Waals surface area contributed by atoms with Gasteiger partial charge in [-0.3, -0.25) is 9.78 Å². The van der Waals surface area contributed by atoms with Gasteiger partial charge in [-0.15, -0.1) is 0 Å². The molecule has 3 heterocycles. The van der Waals surface area contributed by atoms with E-state index in [1.165, 1.54) is 4.90 Å². The third kappa shape index (κ3) is 4.92. The Morgan fingerprint density at radius 1 is 1.20 bits per heavy atom. The zero-order valence-corrected chi connectivity index (χ0v) is 17.9. The highest BCUT2D eigenvalue weighted by Gasteiger charge is 2.52. The zero-order chi connectivity index (χ0) is 25.4. The van der Waals surface area contributed by atoms with Crippen molar-refractivity contribution in [3.63, 3.8) is 0 Å². The Balaban J connectivity index is 1.54. The third-order valence-electron chi connectivity index (χ3n) is 5.90. The maximum atomic E-state index is 13.5. The van der Waals surface area contributed by atoms with E-state index in [0.717, 1.165) is 6.07 Å². The molecular formula is C22H19F7N2O4. The number of rotatable bonds is 6. The normalized spacial score (nSPS) is 22.9. The highest BCUT2D eigenvalue weighted by atomic mass is 19.4. The monoisotopic (exact) mass is 508 g/mol. The number of nitrogens with zero attached hydrogens (tertiary/aromatic N) is 2. The smallest absolute Gasteiger partial charge is 0.419 e. The van der Waals surface area contributed by atoms with E-state index in [1.54, 1.807) is 24.4 Å². The first-order valence-corrected chi connectivity index (χ1v) is 10.4. The van der Waals surface area contributed by atoms with Crippen LogP contribution in [0.5, 0.6) is 5.75 Å². The molecule has 2 aromatic rings. The molecule has 6 nitrogen and oxygen atoms in total. The minimum absolute atomic E-state index is 0.00954. The number of pyridine rings is 1. The predicted octanol–water partition coefficient (Wildman–Crippen LogP) is 4.49. The molecule has 0 saturated carbocycles. The SMILES string of the molecule is O=C(c1ccc(OCC(F)(F)C(F)F)c(C(F)(F)F)c1)N1CC[C@]2(c3ccccn3)OCOC2C1. The van der Waals surface area contributed by atoms with Gasteiger partial charge in [0.25, 0.3) is 5.91 Å². The largest absolute Gasteiger partial charge is 0.486 e. The Labute approximate surface area is 194 Å². The number of carbonyl (C=O) groups is 1. The van der Waals surface area contributed by atoms with Crippen LogP contribution in [0.15, 0.2) is 42.6 Å². The van der Waals surface area contributed by atoms with Crippen LogP contribution in [-0.2, 0) is 21.3 Å². The van der Waals surface area contributed by atoms with Crippen molar-refractivity contribution in [1.29, 1.82) is 0 Å². The summed E-state index contributed by atoms with van der Waals surface area (Å²) in [5.41, 5.74) is -2.21. The van der Waals surface area contributed by atoms with Gasteiger partial charge in [-0.25, -0.2) is 8.78 Å². The van der Waals surface area contributed by atoms with E-state index in [-0.39, 0.29) is 31.9 Å². The Bertz CT molecular complexity index is 1070. The highest BCUT2D eigenvalue weighted by molar-refractivity contribution is 5.94. The summed E-state index contributed by atoms with van der Waals surface area (Å²) in [6.07, 6.45) is -7.96. The molecule has 0 N–H and O–H groups in total. The molecule has 2 aliphatic heterocycles. The third-order valence-corrected chi connectivity index (χ3v) is 5.90. The average molecular weight is 508 g/mol. The molecule has 2 atom stereocenters. The summed E-state index contributed by atoms with van der Waals surface area (Å²) >= 11 is 0. The quantitative estimate of drug-likeness (QED) is 0.539. The summed E-state index contributed by atoms with van der Waals surface area (Å²) in [6, 6.07) is 7.32. The lowest BCUT2D eigenvalue weighted by Crippen LogP contribution is -2.53. The van der Waals surface area contributed by atoms with Gasteiger partial charge in [-0.1, -0.05) is 6.07 Å². The lowest BCUT2D eigenvalue weighted by molar-refractivity contribution is -0.153. The fourth-order valence-corrected chi connectivity index (χ4v) is 4.07. The predicted molar refractivity (Wildman–Crippen MR) is 105 cm³/mol. The van der Waals surface area contributed by atoms with Crippen molar-refractivity contribution in [3.05, 3.63) is 59.4 Å². The number of hydrogen-bond acceptors (Lipinski definition) is 5. The van der Waals surface area contributed by atoms with Gasteiger partial charge in [0.2, 0.25) is 0 Å². The molecule has 13 heteroatoms. The number of hydrogen-bond donors (Lipinski definition) is 0. The molecule has 2 aliphatic rings. The fraction of sp³-hybridized carbons (Fsp3) is 0.455. The fourth-order valence-electron chi connectivity index (χ4n) is 4.07. The van der Waals surface area contributed by atoms with Crippen molar-refractivity contribution in [2.45, 2.75) is 36.7 Å². The molecule has 1 unspecified atom stereocenters.